The van der Waals surface area contributed by atoms with Crippen LogP contribution in [0.2, 0.25) is 0 Å². The first-order valence-electron chi connectivity index (χ1n) is 12.8. The summed E-state index contributed by atoms with van der Waals surface area (Å²) in [6.07, 6.45) is -5.32. The van der Waals surface area contributed by atoms with Crippen LogP contribution in [-0.2, 0) is 20.7 Å². The summed E-state index contributed by atoms with van der Waals surface area (Å²) >= 11 is 0. The minimum Gasteiger partial charge on any atom is -0.507 e. The summed E-state index contributed by atoms with van der Waals surface area (Å²) in [6, 6.07) is 3.51. The molecular weight excluding hydrogens is 529 g/mol. The van der Waals surface area contributed by atoms with E-state index in [2.05, 4.69) is 0 Å². The number of aromatic hydroxyl groups is 2. The molecule has 2 aromatic rings. The number of Topliss-reactive ketones (excluding diaryl/α,β-unsaturated/α-hetero) is 1. The topological polar surface area (TPSA) is 186 Å². The van der Waals surface area contributed by atoms with Crippen LogP contribution in [0.25, 0.3) is 0 Å². The van der Waals surface area contributed by atoms with Crippen molar-refractivity contribution in [2.75, 3.05) is 20.4 Å². The molecule has 0 saturated carbocycles. The molecular formula is C28H30FNO10. The highest BCUT2D eigenvalue weighted by molar-refractivity contribution is 6.31. The zero-order valence-corrected chi connectivity index (χ0v) is 21.8. The quantitative estimate of drug-likeness (QED) is 0.274. The number of fused-ring (bicyclic) bond motifs is 3. The SMILES string of the molecule is COc1cccc2c1C(=O)c1c(O)c3c(c(O)c1C2=O)C[C@@](C)(C(=O)CO)CC3O[C@@H]1C[C@H](N)[C@H](O)[C@@H](CF)O1. The third-order valence-corrected chi connectivity index (χ3v) is 8.18. The van der Waals surface area contributed by atoms with Crippen LogP contribution in [0.1, 0.15) is 68.8 Å². The van der Waals surface area contributed by atoms with Gasteiger partial charge < -0.3 is 40.4 Å². The third-order valence-electron chi connectivity index (χ3n) is 8.18. The van der Waals surface area contributed by atoms with E-state index in [9.17, 15) is 39.2 Å². The van der Waals surface area contributed by atoms with E-state index in [1.54, 1.807) is 0 Å². The molecule has 6 atom stereocenters. The average molecular weight is 560 g/mol. The number of phenols is 2. The lowest BCUT2D eigenvalue weighted by Gasteiger charge is -2.43. The van der Waals surface area contributed by atoms with Gasteiger partial charge >= 0.3 is 0 Å². The van der Waals surface area contributed by atoms with Gasteiger partial charge in [-0.3, -0.25) is 14.4 Å². The molecule has 12 heteroatoms. The first kappa shape index (κ1) is 28.1. The Kier molecular flexibility index (Phi) is 7.17. The maximum absolute atomic E-state index is 13.7. The zero-order valence-electron chi connectivity index (χ0n) is 21.8. The molecule has 6 N–H and O–H groups in total. The molecule has 1 fully saturated rings. The largest absolute Gasteiger partial charge is 0.507 e. The number of phenolic OH excluding ortho intramolecular Hbond substituents is 2. The number of carbonyl (C=O) groups is 3. The number of hydrogen-bond acceptors (Lipinski definition) is 11. The number of halogens is 1. The Bertz CT molecular complexity index is 1410. The first-order valence-corrected chi connectivity index (χ1v) is 12.8. The summed E-state index contributed by atoms with van der Waals surface area (Å²) < 4.78 is 30.4. The van der Waals surface area contributed by atoms with Crippen molar-refractivity contribution >= 4 is 17.3 Å². The normalized spacial score (nSPS) is 29.4. The molecule has 2 aromatic carbocycles. The predicted octanol–water partition coefficient (Wildman–Crippen LogP) is 1.23. The second-order valence-electron chi connectivity index (χ2n) is 10.7. The van der Waals surface area contributed by atoms with E-state index in [4.69, 9.17) is 19.9 Å². The lowest BCUT2D eigenvalue weighted by atomic mass is 9.67. The maximum Gasteiger partial charge on any atom is 0.202 e. The third kappa shape index (κ3) is 4.18. The summed E-state index contributed by atoms with van der Waals surface area (Å²) in [5, 5.41) is 42.8. The fourth-order valence-corrected chi connectivity index (χ4v) is 6.00. The molecule has 1 heterocycles. The monoisotopic (exact) mass is 559 g/mol. The van der Waals surface area contributed by atoms with E-state index in [0.29, 0.717) is 0 Å². The Balaban J connectivity index is 1.68. The number of benzene rings is 2. The lowest BCUT2D eigenvalue weighted by Crippen LogP contribution is -2.54. The van der Waals surface area contributed by atoms with Crippen LogP contribution < -0.4 is 10.5 Å². The van der Waals surface area contributed by atoms with Gasteiger partial charge in [-0.25, -0.2) is 4.39 Å². The summed E-state index contributed by atoms with van der Waals surface area (Å²) in [5.74, 6) is -3.18. The first-order chi connectivity index (χ1) is 19.0. The average Bonchev–Trinajstić information content (AvgIpc) is 2.94. The summed E-state index contributed by atoms with van der Waals surface area (Å²) in [7, 11) is 1.33. The van der Waals surface area contributed by atoms with Gasteiger partial charge in [0.05, 0.1) is 36.0 Å². The molecule has 0 bridgehead atoms. The van der Waals surface area contributed by atoms with Crippen LogP contribution in [-0.4, -0.2) is 82.7 Å². The minimum absolute atomic E-state index is 0.00789. The van der Waals surface area contributed by atoms with Crippen LogP contribution in [0.15, 0.2) is 18.2 Å². The fourth-order valence-electron chi connectivity index (χ4n) is 6.00. The Labute approximate surface area is 228 Å². The standard InChI is InChI=1S/C28H30FNO10/c1-28(17(32)10-31)7-12-20(15(8-28)39-18-6-13(30)25(35)16(9-29)40-18)27(37)22-21(24(12)34)23(33)11-4-3-5-14(38-2)19(11)26(22)36/h3-5,13,15-16,18,25,31,34-35,37H,6-10,30H2,1-2H3/t13-,15?,16+,18-,25-,28+/m0/s1. The number of ether oxygens (including phenoxy) is 3. The molecule has 1 aliphatic heterocycles. The highest BCUT2D eigenvalue weighted by Gasteiger charge is 2.49. The predicted molar refractivity (Wildman–Crippen MR) is 135 cm³/mol. The summed E-state index contributed by atoms with van der Waals surface area (Å²) in [5.41, 5.74) is 3.63. The zero-order chi connectivity index (χ0) is 29.1. The molecule has 0 amide bonds. The van der Waals surface area contributed by atoms with Crippen molar-refractivity contribution in [3.05, 3.63) is 51.6 Å². The van der Waals surface area contributed by atoms with E-state index in [-0.39, 0.29) is 47.3 Å². The van der Waals surface area contributed by atoms with Crippen molar-refractivity contribution in [3.63, 3.8) is 0 Å². The van der Waals surface area contributed by atoms with E-state index in [1.165, 1.54) is 32.2 Å². The molecule has 40 heavy (non-hydrogen) atoms. The highest BCUT2D eigenvalue weighted by atomic mass is 19.1. The second kappa shape index (κ2) is 10.2. The Hall–Kier alpha value is -3.42. The minimum atomic E-state index is -1.32. The number of carbonyl (C=O) groups excluding carboxylic acids is 3. The molecule has 214 valence electrons. The molecule has 2 aliphatic carbocycles. The molecule has 5 rings (SSSR count). The van der Waals surface area contributed by atoms with E-state index in [0.717, 1.165) is 0 Å². The smallest absolute Gasteiger partial charge is 0.202 e. The molecule has 1 saturated heterocycles. The van der Waals surface area contributed by atoms with Gasteiger partial charge in [-0.1, -0.05) is 19.1 Å². The number of rotatable bonds is 6. The van der Waals surface area contributed by atoms with Crippen LogP contribution in [0.4, 0.5) is 4.39 Å². The summed E-state index contributed by atoms with van der Waals surface area (Å²) in [4.78, 5) is 40.1. The van der Waals surface area contributed by atoms with Gasteiger partial charge in [0.1, 0.15) is 36.6 Å². The van der Waals surface area contributed by atoms with Gasteiger partial charge in [0.25, 0.3) is 0 Å². The summed E-state index contributed by atoms with van der Waals surface area (Å²) in [6.45, 7) is -0.328. The number of aliphatic hydroxyl groups excluding tert-OH is 2. The molecule has 0 radical (unpaired) electrons. The van der Waals surface area contributed by atoms with Crippen molar-refractivity contribution in [2.45, 2.75) is 56.8 Å². The van der Waals surface area contributed by atoms with Gasteiger partial charge in [0.2, 0.25) is 5.78 Å². The van der Waals surface area contributed by atoms with Gasteiger partial charge in [-0.05, 0) is 18.9 Å². The number of aliphatic hydroxyl groups is 2. The Morgan fingerprint density at radius 3 is 2.52 bits per heavy atom. The molecule has 0 spiro atoms. The Morgan fingerprint density at radius 2 is 1.88 bits per heavy atom. The number of ketones is 3. The van der Waals surface area contributed by atoms with Crippen LogP contribution in [0.5, 0.6) is 17.2 Å². The van der Waals surface area contributed by atoms with Gasteiger partial charge in [0, 0.05) is 34.6 Å². The number of hydrogen-bond donors (Lipinski definition) is 5. The number of nitrogens with two attached hydrogens (primary N) is 1. The van der Waals surface area contributed by atoms with E-state index < -0.39 is 89.3 Å². The van der Waals surface area contributed by atoms with Crippen LogP contribution >= 0.6 is 0 Å². The number of alkyl halides is 1. The van der Waals surface area contributed by atoms with Crippen molar-refractivity contribution in [1.29, 1.82) is 0 Å². The molecule has 1 unspecified atom stereocenters. The highest BCUT2D eigenvalue weighted by Crippen LogP contribution is 2.54. The van der Waals surface area contributed by atoms with Gasteiger partial charge in [0.15, 0.2) is 17.9 Å². The van der Waals surface area contributed by atoms with Gasteiger partial charge in [-0.2, -0.15) is 0 Å². The second-order valence-corrected chi connectivity index (χ2v) is 10.7. The van der Waals surface area contributed by atoms with Crippen LogP contribution in [0, 0.1) is 5.41 Å². The number of methoxy groups -OCH3 is 1. The van der Waals surface area contributed by atoms with E-state index >= 15 is 0 Å². The molecule has 3 aliphatic rings. The molecule has 0 aromatic heterocycles. The Morgan fingerprint density at radius 1 is 1.18 bits per heavy atom. The maximum atomic E-state index is 13.7. The van der Waals surface area contributed by atoms with Crippen molar-refractivity contribution < 1.29 is 53.4 Å². The van der Waals surface area contributed by atoms with Crippen LogP contribution in [0.3, 0.4) is 0 Å². The van der Waals surface area contributed by atoms with Crippen molar-refractivity contribution in [2.24, 2.45) is 11.1 Å². The van der Waals surface area contributed by atoms with E-state index in [1.807, 2.05) is 0 Å². The van der Waals surface area contributed by atoms with Crippen molar-refractivity contribution in [1.82, 2.24) is 0 Å². The molecule has 11 nitrogen and oxygen atoms in total. The van der Waals surface area contributed by atoms with Gasteiger partial charge in [-0.15, -0.1) is 0 Å². The van der Waals surface area contributed by atoms with Crippen molar-refractivity contribution in [3.8, 4) is 17.2 Å². The fraction of sp³-hybridized carbons (Fsp3) is 0.464. The lowest BCUT2D eigenvalue weighted by molar-refractivity contribution is -0.251.